The van der Waals surface area contributed by atoms with Gasteiger partial charge in [0.1, 0.15) is 6.23 Å². The molecular formula is C7H13NO. The van der Waals surface area contributed by atoms with E-state index in [-0.39, 0.29) is 6.23 Å². The molecule has 2 heteroatoms. The summed E-state index contributed by atoms with van der Waals surface area (Å²) in [7, 11) is 0. The molecule has 0 N–H and O–H groups in total. The van der Waals surface area contributed by atoms with Crippen molar-refractivity contribution in [1.82, 2.24) is 0 Å². The summed E-state index contributed by atoms with van der Waals surface area (Å²) in [6, 6.07) is 0. The minimum Gasteiger partial charge on any atom is -0.351 e. The molecule has 1 heterocycles. The first-order valence-electron chi connectivity index (χ1n) is 3.42. The lowest BCUT2D eigenvalue weighted by atomic mass is 10.1. The zero-order valence-corrected chi connectivity index (χ0v) is 6.00. The Balaban J connectivity index is 2.20. The van der Waals surface area contributed by atoms with E-state index in [0.717, 1.165) is 6.42 Å². The van der Waals surface area contributed by atoms with E-state index in [9.17, 15) is 0 Å². The Bertz CT molecular complexity index is 109. The number of rotatable bonds is 2. The lowest BCUT2D eigenvalue weighted by Gasteiger charge is -2.08. The highest BCUT2D eigenvalue weighted by Crippen LogP contribution is 2.11. The molecule has 9 heavy (non-hydrogen) atoms. The number of hydrogen-bond donors (Lipinski definition) is 0. The van der Waals surface area contributed by atoms with Crippen molar-refractivity contribution in [2.75, 3.05) is 6.61 Å². The Morgan fingerprint density at radius 2 is 2.56 bits per heavy atom. The summed E-state index contributed by atoms with van der Waals surface area (Å²) in [6.45, 7) is 5.06. The fraction of sp³-hybridized carbons (Fsp3) is 0.857. The van der Waals surface area contributed by atoms with Crippen molar-refractivity contribution in [3.8, 4) is 0 Å². The van der Waals surface area contributed by atoms with Crippen molar-refractivity contribution in [3.63, 3.8) is 0 Å². The maximum atomic E-state index is 5.24. The van der Waals surface area contributed by atoms with Gasteiger partial charge in [-0.1, -0.05) is 13.8 Å². The van der Waals surface area contributed by atoms with Gasteiger partial charge >= 0.3 is 0 Å². The van der Waals surface area contributed by atoms with Gasteiger partial charge in [0.2, 0.25) is 0 Å². The van der Waals surface area contributed by atoms with E-state index < -0.39 is 0 Å². The van der Waals surface area contributed by atoms with E-state index in [4.69, 9.17) is 4.74 Å². The third kappa shape index (κ3) is 2.14. The molecule has 2 nitrogen and oxygen atoms in total. The lowest BCUT2D eigenvalue weighted by molar-refractivity contribution is 0.0921. The van der Waals surface area contributed by atoms with Gasteiger partial charge in [0.25, 0.3) is 0 Å². The zero-order chi connectivity index (χ0) is 6.69. The first kappa shape index (κ1) is 6.75. The van der Waals surface area contributed by atoms with Gasteiger partial charge in [0, 0.05) is 6.21 Å². The first-order valence-corrected chi connectivity index (χ1v) is 3.42. The Hall–Kier alpha value is -0.370. The van der Waals surface area contributed by atoms with E-state index in [2.05, 4.69) is 18.8 Å². The highest BCUT2D eigenvalue weighted by molar-refractivity contribution is 5.60. The van der Waals surface area contributed by atoms with E-state index >= 15 is 0 Å². The normalized spacial score (nSPS) is 25.9. The van der Waals surface area contributed by atoms with Gasteiger partial charge in [-0.2, -0.15) is 0 Å². The molecule has 0 aromatic carbocycles. The van der Waals surface area contributed by atoms with Crippen LogP contribution in [0.5, 0.6) is 0 Å². The predicted octanol–water partition coefficient (Wildman–Crippen LogP) is 1.46. The summed E-state index contributed by atoms with van der Waals surface area (Å²) >= 11 is 0. The molecular weight excluding hydrogens is 114 g/mol. The van der Waals surface area contributed by atoms with Crippen LogP contribution in [0, 0.1) is 5.92 Å². The highest BCUT2D eigenvalue weighted by Gasteiger charge is 2.11. The molecule has 0 radical (unpaired) electrons. The minimum atomic E-state index is 0.157. The molecule has 0 unspecified atom stereocenters. The van der Waals surface area contributed by atoms with Crippen molar-refractivity contribution in [1.29, 1.82) is 0 Å². The SMILES string of the molecule is CC(C)C[C@H]1N=CCO1. The van der Waals surface area contributed by atoms with Gasteiger partial charge in [-0.15, -0.1) is 0 Å². The molecule has 1 aliphatic rings. The lowest BCUT2D eigenvalue weighted by Crippen LogP contribution is -2.07. The number of hydrogen-bond acceptors (Lipinski definition) is 2. The largest absolute Gasteiger partial charge is 0.351 e. The second kappa shape index (κ2) is 2.97. The van der Waals surface area contributed by atoms with E-state index in [1.165, 1.54) is 0 Å². The smallest absolute Gasteiger partial charge is 0.148 e. The Morgan fingerprint density at radius 1 is 1.78 bits per heavy atom. The maximum absolute atomic E-state index is 5.24. The fourth-order valence-corrected chi connectivity index (χ4v) is 0.890. The number of aliphatic imine (C=N–C) groups is 1. The molecule has 0 aromatic rings. The maximum Gasteiger partial charge on any atom is 0.148 e. The molecule has 1 atom stereocenters. The van der Waals surface area contributed by atoms with E-state index in [0.29, 0.717) is 12.5 Å². The molecule has 0 spiro atoms. The average molecular weight is 127 g/mol. The van der Waals surface area contributed by atoms with Crippen molar-refractivity contribution < 1.29 is 4.74 Å². The van der Waals surface area contributed by atoms with Crippen LogP contribution < -0.4 is 0 Å². The number of ether oxygens (including phenoxy) is 1. The van der Waals surface area contributed by atoms with Crippen LogP contribution in [0.4, 0.5) is 0 Å². The minimum absolute atomic E-state index is 0.157. The fourth-order valence-electron chi connectivity index (χ4n) is 0.890. The van der Waals surface area contributed by atoms with Crippen LogP contribution >= 0.6 is 0 Å². The van der Waals surface area contributed by atoms with Crippen molar-refractivity contribution in [3.05, 3.63) is 0 Å². The molecule has 0 saturated carbocycles. The second-order valence-corrected chi connectivity index (χ2v) is 2.75. The van der Waals surface area contributed by atoms with Gasteiger partial charge < -0.3 is 4.74 Å². The van der Waals surface area contributed by atoms with Crippen molar-refractivity contribution in [2.45, 2.75) is 26.5 Å². The Labute approximate surface area is 55.9 Å². The molecule has 1 rings (SSSR count). The summed E-state index contributed by atoms with van der Waals surface area (Å²) in [4.78, 5) is 4.13. The molecule has 0 amide bonds. The van der Waals surface area contributed by atoms with Crippen LogP contribution in [0.1, 0.15) is 20.3 Å². The zero-order valence-electron chi connectivity index (χ0n) is 6.00. The highest BCUT2D eigenvalue weighted by atomic mass is 16.5. The quantitative estimate of drug-likeness (QED) is 0.550. The average Bonchev–Trinajstić information content (AvgIpc) is 2.15. The monoisotopic (exact) mass is 127 g/mol. The molecule has 1 aliphatic heterocycles. The third-order valence-corrected chi connectivity index (χ3v) is 1.31. The standard InChI is InChI=1S/C7H13NO/c1-6(2)5-7-8-3-4-9-7/h3,6-7H,4-5H2,1-2H3/t7-/m0/s1. The molecule has 52 valence electrons. The molecule has 0 aromatic heterocycles. The van der Waals surface area contributed by atoms with E-state index in [1.807, 2.05) is 6.21 Å². The summed E-state index contributed by atoms with van der Waals surface area (Å²) in [6.07, 6.45) is 3.05. The third-order valence-electron chi connectivity index (χ3n) is 1.31. The van der Waals surface area contributed by atoms with Crippen LogP contribution in [-0.2, 0) is 4.74 Å². The summed E-state index contributed by atoms with van der Waals surface area (Å²) in [5.41, 5.74) is 0. The molecule has 0 aliphatic carbocycles. The van der Waals surface area contributed by atoms with Crippen LogP contribution in [0.2, 0.25) is 0 Å². The Morgan fingerprint density at radius 3 is 3.00 bits per heavy atom. The van der Waals surface area contributed by atoms with Crippen LogP contribution in [0.3, 0.4) is 0 Å². The van der Waals surface area contributed by atoms with Gasteiger partial charge in [-0.3, -0.25) is 4.99 Å². The first-order chi connectivity index (χ1) is 4.29. The van der Waals surface area contributed by atoms with Crippen molar-refractivity contribution in [2.24, 2.45) is 10.9 Å². The van der Waals surface area contributed by atoms with Gasteiger partial charge in [0.05, 0.1) is 6.61 Å². The molecule has 0 saturated heterocycles. The van der Waals surface area contributed by atoms with Crippen molar-refractivity contribution >= 4 is 6.21 Å². The second-order valence-electron chi connectivity index (χ2n) is 2.75. The predicted molar refractivity (Wildman–Crippen MR) is 37.7 cm³/mol. The Kier molecular flexibility index (Phi) is 2.22. The van der Waals surface area contributed by atoms with Crippen LogP contribution in [-0.4, -0.2) is 19.0 Å². The van der Waals surface area contributed by atoms with E-state index in [1.54, 1.807) is 0 Å². The van der Waals surface area contributed by atoms with Crippen LogP contribution in [0.25, 0.3) is 0 Å². The number of nitrogens with zero attached hydrogens (tertiary/aromatic N) is 1. The molecule has 0 bridgehead atoms. The summed E-state index contributed by atoms with van der Waals surface area (Å²) in [5.74, 6) is 0.685. The summed E-state index contributed by atoms with van der Waals surface area (Å²) < 4.78 is 5.24. The molecule has 0 fully saturated rings. The van der Waals surface area contributed by atoms with Gasteiger partial charge in [-0.05, 0) is 12.3 Å². The van der Waals surface area contributed by atoms with Gasteiger partial charge in [0.15, 0.2) is 0 Å². The summed E-state index contributed by atoms with van der Waals surface area (Å²) in [5, 5.41) is 0. The van der Waals surface area contributed by atoms with Crippen LogP contribution in [0.15, 0.2) is 4.99 Å². The topological polar surface area (TPSA) is 21.6 Å². The van der Waals surface area contributed by atoms with Gasteiger partial charge in [-0.25, -0.2) is 0 Å².